The van der Waals surface area contributed by atoms with E-state index in [9.17, 15) is 9.59 Å². The summed E-state index contributed by atoms with van der Waals surface area (Å²) in [5.41, 5.74) is 9.36. The molecule has 2 N–H and O–H groups in total. The second-order valence-corrected chi connectivity index (χ2v) is 6.80. The van der Waals surface area contributed by atoms with Crippen molar-refractivity contribution in [1.82, 2.24) is 4.57 Å². The fraction of sp³-hybridized carbons (Fsp3) is 0.333. The number of para-hydroxylation sites is 1. The van der Waals surface area contributed by atoms with Gasteiger partial charge in [0.15, 0.2) is 5.78 Å². The highest BCUT2D eigenvalue weighted by Crippen LogP contribution is 2.37. The van der Waals surface area contributed by atoms with Gasteiger partial charge in [-0.3, -0.25) is 9.59 Å². The van der Waals surface area contributed by atoms with Gasteiger partial charge in [0.05, 0.1) is 11.3 Å². The summed E-state index contributed by atoms with van der Waals surface area (Å²) in [6.45, 7) is 6.15. The van der Waals surface area contributed by atoms with Gasteiger partial charge in [-0.15, -0.1) is 0 Å². The molecule has 2 aromatic rings. The Morgan fingerprint density at radius 1 is 1.23 bits per heavy atom. The Kier molecular flexibility index (Phi) is 3.20. The minimum absolute atomic E-state index is 0.0751. The Bertz CT molecular complexity index is 784. The molecule has 1 heterocycles. The lowest BCUT2D eigenvalue weighted by Crippen LogP contribution is -2.28. The second kappa shape index (κ2) is 4.83. The van der Waals surface area contributed by atoms with Gasteiger partial charge in [-0.2, -0.15) is 0 Å². The van der Waals surface area contributed by atoms with Crippen molar-refractivity contribution in [1.29, 1.82) is 0 Å². The number of hydrogen-bond acceptors (Lipinski definition) is 2. The Labute approximate surface area is 129 Å². The molecule has 0 radical (unpaired) electrons. The molecule has 0 spiro atoms. The molecular weight excluding hydrogens is 276 g/mol. The summed E-state index contributed by atoms with van der Waals surface area (Å²) in [6, 6.07) is 9.19. The molecule has 0 aliphatic heterocycles. The summed E-state index contributed by atoms with van der Waals surface area (Å²) in [7, 11) is 0. The summed E-state index contributed by atoms with van der Waals surface area (Å²) < 4.78 is 2.01. The zero-order valence-electron chi connectivity index (χ0n) is 13.1. The maximum absolute atomic E-state index is 12.4. The number of carbonyl (C=O) groups excluding carboxylic acids is 2. The van der Waals surface area contributed by atoms with E-state index < -0.39 is 5.91 Å². The third kappa shape index (κ3) is 2.25. The van der Waals surface area contributed by atoms with Crippen molar-refractivity contribution >= 4 is 11.7 Å². The lowest BCUT2D eigenvalue weighted by molar-refractivity contribution is 0.0910. The number of aryl methyl sites for hydroxylation is 1. The largest absolute Gasteiger partial charge is 0.366 e. The van der Waals surface area contributed by atoms with E-state index in [1.807, 2.05) is 29.7 Å². The Morgan fingerprint density at radius 2 is 1.91 bits per heavy atom. The standard InChI is InChI=1S/C18H20N2O2/c1-11-8-13-15(9-18(2,3)10-16(13)21)20(11)14-7-5-4-6-12(14)17(19)22/h4-8H,9-10H2,1-3H3,(H2,19,22). The monoisotopic (exact) mass is 296 g/mol. The number of nitrogens with zero attached hydrogens (tertiary/aromatic N) is 1. The SMILES string of the molecule is Cc1cc2c(n1-c1ccccc1C(N)=O)CC(C)(C)CC2=O. The highest BCUT2D eigenvalue weighted by Gasteiger charge is 2.34. The molecule has 22 heavy (non-hydrogen) atoms. The number of benzene rings is 1. The number of ketones is 1. The van der Waals surface area contributed by atoms with E-state index in [-0.39, 0.29) is 11.2 Å². The van der Waals surface area contributed by atoms with Crippen molar-refractivity contribution in [2.24, 2.45) is 11.1 Å². The van der Waals surface area contributed by atoms with Crippen LogP contribution in [0.3, 0.4) is 0 Å². The van der Waals surface area contributed by atoms with Gasteiger partial charge >= 0.3 is 0 Å². The van der Waals surface area contributed by atoms with Gasteiger partial charge in [-0.25, -0.2) is 0 Å². The maximum Gasteiger partial charge on any atom is 0.250 e. The summed E-state index contributed by atoms with van der Waals surface area (Å²) >= 11 is 0. The van der Waals surface area contributed by atoms with Crippen molar-refractivity contribution < 1.29 is 9.59 Å². The highest BCUT2D eigenvalue weighted by molar-refractivity contribution is 6.00. The second-order valence-electron chi connectivity index (χ2n) is 6.80. The predicted molar refractivity (Wildman–Crippen MR) is 85.5 cm³/mol. The lowest BCUT2D eigenvalue weighted by Gasteiger charge is -2.30. The van der Waals surface area contributed by atoms with Crippen LogP contribution in [0.15, 0.2) is 30.3 Å². The third-order valence-electron chi connectivity index (χ3n) is 4.28. The number of primary amides is 1. The van der Waals surface area contributed by atoms with Crippen molar-refractivity contribution in [2.75, 3.05) is 0 Å². The average Bonchev–Trinajstić information content (AvgIpc) is 2.74. The van der Waals surface area contributed by atoms with E-state index >= 15 is 0 Å². The fourth-order valence-electron chi connectivity index (χ4n) is 3.36. The topological polar surface area (TPSA) is 65.1 Å². The van der Waals surface area contributed by atoms with Gasteiger partial charge < -0.3 is 10.3 Å². The molecule has 1 amide bonds. The van der Waals surface area contributed by atoms with E-state index in [0.717, 1.165) is 29.1 Å². The molecule has 1 aliphatic rings. The van der Waals surface area contributed by atoms with Crippen molar-refractivity contribution in [2.45, 2.75) is 33.6 Å². The number of carbonyl (C=O) groups is 2. The number of hydrogen-bond donors (Lipinski definition) is 1. The molecule has 1 aromatic carbocycles. The predicted octanol–water partition coefficient (Wildman–Crippen LogP) is 3.04. The molecule has 1 aliphatic carbocycles. The first-order valence-electron chi connectivity index (χ1n) is 7.44. The van der Waals surface area contributed by atoms with Gasteiger partial charge in [0.25, 0.3) is 5.91 Å². The summed E-state index contributed by atoms with van der Waals surface area (Å²) in [5, 5.41) is 0. The molecule has 4 heteroatoms. The molecule has 114 valence electrons. The molecule has 0 saturated carbocycles. The van der Waals surface area contributed by atoms with Crippen LogP contribution in [0, 0.1) is 12.3 Å². The van der Waals surface area contributed by atoms with Gasteiger partial charge in [0, 0.05) is 23.4 Å². The van der Waals surface area contributed by atoms with Gasteiger partial charge in [0.1, 0.15) is 0 Å². The van der Waals surface area contributed by atoms with E-state index in [1.54, 1.807) is 12.1 Å². The van der Waals surface area contributed by atoms with E-state index in [4.69, 9.17) is 5.73 Å². The number of fused-ring (bicyclic) bond motifs is 1. The van der Waals surface area contributed by atoms with Gasteiger partial charge in [0.2, 0.25) is 0 Å². The number of aromatic nitrogens is 1. The molecular formula is C18H20N2O2. The summed E-state index contributed by atoms with van der Waals surface area (Å²) in [6.07, 6.45) is 1.36. The molecule has 1 aromatic heterocycles. The minimum atomic E-state index is -0.459. The molecule has 0 unspecified atom stereocenters. The normalized spacial score (nSPS) is 16.4. The minimum Gasteiger partial charge on any atom is -0.366 e. The average molecular weight is 296 g/mol. The first-order valence-corrected chi connectivity index (χ1v) is 7.44. The van der Waals surface area contributed by atoms with Crippen LogP contribution in [-0.2, 0) is 6.42 Å². The van der Waals surface area contributed by atoms with E-state index in [0.29, 0.717) is 12.0 Å². The summed E-state index contributed by atoms with van der Waals surface area (Å²) in [4.78, 5) is 24.1. The van der Waals surface area contributed by atoms with Crippen LogP contribution in [0.25, 0.3) is 5.69 Å². The zero-order chi connectivity index (χ0) is 16.1. The molecule has 0 bridgehead atoms. The summed E-state index contributed by atoms with van der Waals surface area (Å²) in [5.74, 6) is -0.288. The molecule has 0 saturated heterocycles. The number of rotatable bonds is 2. The molecule has 3 rings (SSSR count). The van der Waals surface area contributed by atoms with Crippen molar-refractivity contribution in [3.63, 3.8) is 0 Å². The Morgan fingerprint density at radius 3 is 2.59 bits per heavy atom. The van der Waals surface area contributed by atoms with Crippen LogP contribution >= 0.6 is 0 Å². The van der Waals surface area contributed by atoms with Gasteiger partial charge in [-0.1, -0.05) is 26.0 Å². The van der Waals surface area contributed by atoms with Crippen LogP contribution < -0.4 is 5.73 Å². The lowest BCUT2D eigenvalue weighted by atomic mass is 9.76. The van der Waals surface area contributed by atoms with Crippen molar-refractivity contribution in [3.05, 3.63) is 52.8 Å². The van der Waals surface area contributed by atoms with Crippen LogP contribution in [0.2, 0.25) is 0 Å². The Balaban J connectivity index is 2.27. The molecule has 0 fully saturated rings. The number of nitrogens with two attached hydrogens (primary N) is 1. The quantitative estimate of drug-likeness (QED) is 0.925. The number of amides is 1. The first kappa shape index (κ1) is 14.6. The molecule has 4 nitrogen and oxygen atoms in total. The number of Topliss-reactive ketones (excluding diaryl/α,β-unsaturated/α-hetero) is 1. The maximum atomic E-state index is 12.4. The first-order chi connectivity index (χ1) is 10.3. The van der Waals surface area contributed by atoms with Crippen LogP contribution in [0.4, 0.5) is 0 Å². The van der Waals surface area contributed by atoms with Gasteiger partial charge in [-0.05, 0) is 37.0 Å². The highest BCUT2D eigenvalue weighted by atomic mass is 16.1. The van der Waals surface area contributed by atoms with E-state index in [1.165, 1.54) is 0 Å². The van der Waals surface area contributed by atoms with Crippen molar-refractivity contribution in [3.8, 4) is 5.69 Å². The fourth-order valence-corrected chi connectivity index (χ4v) is 3.36. The third-order valence-corrected chi connectivity index (χ3v) is 4.28. The van der Waals surface area contributed by atoms with Crippen LogP contribution in [-0.4, -0.2) is 16.3 Å². The smallest absolute Gasteiger partial charge is 0.250 e. The van der Waals surface area contributed by atoms with Crippen LogP contribution in [0.5, 0.6) is 0 Å². The van der Waals surface area contributed by atoms with E-state index in [2.05, 4.69) is 13.8 Å². The van der Waals surface area contributed by atoms with Crippen LogP contribution in [0.1, 0.15) is 52.4 Å². The zero-order valence-corrected chi connectivity index (χ0v) is 13.1. The Hall–Kier alpha value is -2.36. The molecule has 0 atom stereocenters.